The quantitative estimate of drug-likeness (QED) is 0.242. The minimum Gasteiger partial charge on any atom is -0.388 e. The number of nitrogens with one attached hydrogen (secondary N) is 1. The molecule has 226 valence electrons. The highest BCUT2D eigenvalue weighted by atomic mass is 32.1. The normalized spacial score (nSPS) is 17.1. The Labute approximate surface area is 258 Å². The number of aryl methyl sites for hydroxylation is 1. The van der Waals surface area contributed by atoms with Crippen LogP contribution in [0.15, 0.2) is 30.5 Å². The van der Waals surface area contributed by atoms with Crippen LogP contribution in [0.1, 0.15) is 67.3 Å². The van der Waals surface area contributed by atoms with E-state index in [1.54, 1.807) is 23.5 Å². The van der Waals surface area contributed by atoms with E-state index in [1.165, 1.54) is 28.3 Å². The Morgan fingerprint density at radius 2 is 1.95 bits per heavy atom. The van der Waals surface area contributed by atoms with E-state index in [4.69, 9.17) is 9.97 Å². The van der Waals surface area contributed by atoms with Crippen molar-refractivity contribution in [1.82, 2.24) is 24.6 Å². The molecule has 1 aromatic carbocycles. The standard InChI is InChI=1S/C31H36FN7O2S2/c1-3-23-28(38(4-2)30-36-27(24(16-33)42-30)21-6-8-22(32)9-7-21)39-17-25(43-29(39)35-23)20-10-14-37(15-11-20)18-26(40)34-19-31(41)12-5-13-31/h6-9,17,20,41H,3-5,10-15,18-19H2,1-2H3,(H,34,40). The molecule has 2 aliphatic rings. The van der Waals surface area contributed by atoms with Crippen molar-refractivity contribution in [3.05, 3.63) is 51.7 Å². The van der Waals surface area contributed by atoms with Crippen LogP contribution in [-0.2, 0) is 11.2 Å². The Hall–Kier alpha value is -3.37. The smallest absolute Gasteiger partial charge is 0.234 e. The van der Waals surface area contributed by atoms with Gasteiger partial charge in [-0.25, -0.2) is 14.4 Å². The molecule has 1 amide bonds. The molecule has 2 N–H and O–H groups in total. The van der Waals surface area contributed by atoms with Crippen molar-refractivity contribution >= 4 is 44.5 Å². The molecule has 4 aromatic rings. The van der Waals surface area contributed by atoms with E-state index in [2.05, 4.69) is 45.6 Å². The number of hydrogen-bond donors (Lipinski definition) is 2. The molecular formula is C31H36FN7O2S2. The van der Waals surface area contributed by atoms with Crippen molar-refractivity contribution < 1.29 is 14.3 Å². The maximum absolute atomic E-state index is 13.5. The number of imidazole rings is 1. The van der Waals surface area contributed by atoms with E-state index >= 15 is 0 Å². The zero-order valence-electron chi connectivity index (χ0n) is 24.5. The molecule has 43 heavy (non-hydrogen) atoms. The van der Waals surface area contributed by atoms with Crippen molar-refractivity contribution in [3.8, 4) is 17.3 Å². The van der Waals surface area contributed by atoms with Crippen molar-refractivity contribution in [2.75, 3.05) is 37.6 Å². The summed E-state index contributed by atoms with van der Waals surface area (Å²) in [5.41, 5.74) is 1.54. The number of aliphatic hydroxyl groups is 1. The fourth-order valence-electron chi connectivity index (χ4n) is 5.95. The second-order valence-corrected chi connectivity index (χ2v) is 13.5. The number of nitriles is 1. The summed E-state index contributed by atoms with van der Waals surface area (Å²) >= 11 is 3.05. The highest BCUT2D eigenvalue weighted by Gasteiger charge is 2.35. The first-order valence-corrected chi connectivity index (χ1v) is 16.6. The summed E-state index contributed by atoms with van der Waals surface area (Å²) in [4.78, 5) is 29.3. The van der Waals surface area contributed by atoms with E-state index in [9.17, 15) is 19.6 Å². The molecule has 1 aliphatic carbocycles. The Bertz CT molecular complexity index is 1640. The van der Waals surface area contributed by atoms with Crippen molar-refractivity contribution in [3.63, 3.8) is 0 Å². The van der Waals surface area contributed by atoms with E-state index < -0.39 is 5.60 Å². The fourth-order valence-corrected chi connectivity index (χ4v) is 8.06. The molecule has 3 aromatic heterocycles. The van der Waals surface area contributed by atoms with Gasteiger partial charge in [-0.2, -0.15) is 5.26 Å². The molecule has 6 rings (SSSR count). The summed E-state index contributed by atoms with van der Waals surface area (Å²) in [6.07, 6.45) is 7.45. The number of fused-ring (bicyclic) bond motifs is 1. The van der Waals surface area contributed by atoms with Gasteiger partial charge in [0.2, 0.25) is 5.91 Å². The first-order valence-electron chi connectivity index (χ1n) is 15.0. The molecule has 0 bridgehead atoms. The van der Waals surface area contributed by atoms with Gasteiger partial charge < -0.3 is 15.3 Å². The lowest BCUT2D eigenvalue weighted by atomic mass is 9.80. The van der Waals surface area contributed by atoms with Crippen LogP contribution in [0.2, 0.25) is 0 Å². The molecule has 9 nitrogen and oxygen atoms in total. The molecule has 0 unspecified atom stereocenters. The number of hydrogen-bond acceptors (Lipinski definition) is 9. The first kappa shape index (κ1) is 29.7. The van der Waals surface area contributed by atoms with Gasteiger partial charge >= 0.3 is 0 Å². The zero-order chi connectivity index (χ0) is 30.1. The first-order chi connectivity index (χ1) is 20.8. The van der Waals surface area contributed by atoms with Crippen molar-refractivity contribution in [2.45, 2.75) is 63.9 Å². The van der Waals surface area contributed by atoms with Crippen LogP contribution in [0.4, 0.5) is 15.3 Å². The number of nitrogens with zero attached hydrogens (tertiary/aromatic N) is 6. The molecule has 4 heterocycles. The lowest BCUT2D eigenvalue weighted by Crippen LogP contribution is -2.50. The van der Waals surface area contributed by atoms with Gasteiger partial charge in [0, 0.05) is 29.7 Å². The maximum Gasteiger partial charge on any atom is 0.234 e. The Balaban J connectivity index is 1.18. The number of carbonyl (C=O) groups is 1. The minimum atomic E-state index is -0.703. The van der Waals surface area contributed by atoms with E-state index in [0.717, 1.165) is 68.1 Å². The predicted molar refractivity (Wildman–Crippen MR) is 168 cm³/mol. The van der Waals surface area contributed by atoms with Crippen LogP contribution in [0.3, 0.4) is 0 Å². The number of rotatable bonds is 10. The van der Waals surface area contributed by atoms with Gasteiger partial charge in [0.1, 0.15) is 28.3 Å². The summed E-state index contributed by atoms with van der Waals surface area (Å²) in [5, 5.41) is 23.7. The molecule has 1 aliphatic heterocycles. The average Bonchev–Trinajstić information content (AvgIpc) is 3.70. The van der Waals surface area contributed by atoms with Gasteiger partial charge in [-0.3, -0.25) is 14.1 Å². The Morgan fingerprint density at radius 1 is 1.21 bits per heavy atom. The maximum atomic E-state index is 13.5. The van der Waals surface area contributed by atoms with Crippen LogP contribution in [0.5, 0.6) is 0 Å². The highest BCUT2D eigenvalue weighted by Crippen LogP contribution is 2.40. The predicted octanol–water partition coefficient (Wildman–Crippen LogP) is 5.46. The molecule has 1 saturated carbocycles. The molecular weight excluding hydrogens is 586 g/mol. The third kappa shape index (κ3) is 6.04. The average molecular weight is 622 g/mol. The largest absolute Gasteiger partial charge is 0.388 e. The fraction of sp³-hybridized carbons (Fsp3) is 0.484. The summed E-state index contributed by atoms with van der Waals surface area (Å²) in [6.45, 7) is 7.21. The SMILES string of the molecule is CCc1nc2sc(C3CCN(CC(=O)NCC4(O)CCC4)CC3)cn2c1N(CC)c1nc(-c2ccc(F)cc2)c(C#N)s1. The number of piperidine rings is 1. The number of benzene rings is 1. The van der Waals surface area contributed by atoms with Gasteiger partial charge in [-0.1, -0.05) is 18.3 Å². The molecule has 0 radical (unpaired) electrons. The van der Waals surface area contributed by atoms with Crippen LogP contribution >= 0.6 is 22.7 Å². The van der Waals surface area contributed by atoms with Crippen molar-refractivity contribution in [2.24, 2.45) is 0 Å². The monoisotopic (exact) mass is 621 g/mol. The van der Waals surface area contributed by atoms with E-state index in [0.29, 0.717) is 46.8 Å². The summed E-state index contributed by atoms with van der Waals surface area (Å²) < 4.78 is 15.7. The lowest BCUT2D eigenvalue weighted by Gasteiger charge is -2.37. The summed E-state index contributed by atoms with van der Waals surface area (Å²) in [6, 6.07) is 8.36. The van der Waals surface area contributed by atoms with Crippen LogP contribution in [-0.4, -0.2) is 68.6 Å². The number of anilines is 2. The number of carbonyl (C=O) groups excluding carboxylic acids is 1. The third-order valence-electron chi connectivity index (χ3n) is 8.62. The van der Waals surface area contributed by atoms with Gasteiger partial charge in [0.15, 0.2) is 10.1 Å². The molecule has 2 fully saturated rings. The van der Waals surface area contributed by atoms with Gasteiger partial charge in [-0.05, 0) is 88.7 Å². The van der Waals surface area contributed by atoms with E-state index in [1.807, 2.05) is 0 Å². The highest BCUT2D eigenvalue weighted by molar-refractivity contribution is 7.17. The second-order valence-electron chi connectivity index (χ2n) is 11.5. The number of thiazole rings is 2. The zero-order valence-corrected chi connectivity index (χ0v) is 26.1. The topological polar surface area (TPSA) is 110 Å². The molecule has 12 heteroatoms. The third-order valence-corrected chi connectivity index (χ3v) is 10.7. The van der Waals surface area contributed by atoms with Crippen molar-refractivity contribution in [1.29, 1.82) is 5.26 Å². The number of likely N-dealkylation sites (tertiary alicyclic amines) is 1. The van der Waals surface area contributed by atoms with Gasteiger partial charge in [-0.15, -0.1) is 11.3 Å². The van der Waals surface area contributed by atoms with Crippen LogP contribution < -0.4 is 10.2 Å². The Kier molecular flexibility index (Phi) is 8.51. The lowest BCUT2D eigenvalue weighted by molar-refractivity contribution is -0.124. The second kappa shape index (κ2) is 12.3. The van der Waals surface area contributed by atoms with Crippen LogP contribution in [0, 0.1) is 17.1 Å². The number of amides is 1. The van der Waals surface area contributed by atoms with Gasteiger partial charge in [0.25, 0.3) is 0 Å². The Morgan fingerprint density at radius 3 is 2.58 bits per heavy atom. The number of halogens is 1. The van der Waals surface area contributed by atoms with Gasteiger partial charge in [0.05, 0.1) is 17.8 Å². The van der Waals surface area contributed by atoms with Crippen LogP contribution in [0.25, 0.3) is 16.2 Å². The summed E-state index contributed by atoms with van der Waals surface area (Å²) in [5.74, 6) is 1.01. The summed E-state index contributed by atoms with van der Waals surface area (Å²) in [7, 11) is 0. The van der Waals surface area contributed by atoms with E-state index in [-0.39, 0.29) is 11.7 Å². The molecule has 1 saturated heterocycles. The number of aromatic nitrogens is 3. The molecule has 0 spiro atoms. The minimum absolute atomic E-state index is 0.0194. The molecule has 0 atom stereocenters.